The number of aliphatic carboxylic acids is 3. The summed E-state index contributed by atoms with van der Waals surface area (Å²) in [6.45, 7) is 0.826. The van der Waals surface area contributed by atoms with E-state index in [1.54, 1.807) is 0 Å². The quantitative estimate of drug-likeness (QED) is 0.108. The predicted molar refractivity (Wildman–Crippen MR) is 133 cm³/mol. The number of quaternary nitrogens is 1. The maximum Gasteiger partial charge on any atom is 0.359 e. The Kier molecular flexibility index (Phi) is 20.4. The van der Waals surface area contributed by atoms with Gasteiger partial charge in [0.15, 0.2) is 13.1 Å². The minimum absolute atomic E-state index is 0.224. The Balaban J connectivity index is 3.73. The molecule has 0 fully saturated rings. The third kappa shape index (κ3) is 20.7. The lowest BCUT2D eigenvalue weighted by Gasteiger charge is -2.36. The second-order valence-corrected chi connectivity index (χ2v) is 9.70. The molecule has 7 nitrogen and oxygen atoms in total. The highest BCUT2D eigenvalue weighted by Gasteiger charge is 2.33. The topological polar surface area (TPSA) is 115 Å². The number of carbonyl (C=O) groups excluding carboxylic acids is 1. The standard InChI is InChI=1S/C27H49NO6/c1-2-3-4-5-6-7-8-9-10-11-12-13-14-15-16-17-18-19-20-21-28(22-25(29)30,23-26(31)32)24-27(33)34/h5-6H,2-4,7-24H2,1H3,(H2-,29,30,31,32,33,34)/b6-5+. The molecule has 34 heavy (non-hydrogen) atoms. The molecule has 0 unspecified atom stereocenters. The molecule has 0 spiro atoms. The largest absolute Gasteiger partial charge is 0.544 e. The summed E-state index contributed by atoms with van der Waals surface area (Å²) < 4.78 is -0.497. The number of unbranched alkanes of at least 4 members (excludes halogenated alkanes) is 15. The zero-order chi connectivity index (χ0) is 25.5. The number of carboxylic acid groups (broad SMARTS) is 3. The smallest absolute Gasteiger partial charge is 0.359 e. The van der Waals surface area contributed by atoms with E-state index < -0.39 is 42.0 Å². The van der Waals surface area contributed by atoms with Crippen LogP contribution >= 0.6 is 0 Å². The molecule has 7 heteroatoms. The fourth-order valence-corrected chi connectivity index (χ4v) is 4.46. The Morgan fingerprint density at radius 1 is 0.618 bits per heavy atom. The molecule has 0 aliphatic heterocycles. The van der Waals surface area contributed by atoms with Crippen molar-refractivity contribution in [1.29, 1.82) is 0 Å². The molecule has 0 rings (SSSR count). The number of allylic oxidation sites excluding steroid dienone is 2. The van der Waals surface area contributed by atoms with E-state index in [0.29, 0.717) is 6.42 Å². The third-order valence-corrected chi connectivity index (χ3v) is 6.30. The highest BCUT2D eigenvalue weighted by Crippen LogP contribution is 2.15. The molecule has 0 amide bonds. The van der Waals surface area contributed by atoms with Crippen LogP contribution in [-0.4, -0.2) is 58.8 Å². The van der Waals surface area contributed by atoms with Gasteiger partial charge >= 0.3 is 11.9 Å². The number of nitrogens with zero attached hydrogens (tertiary/aromatic N) is 1. The van der Waals surface area contributed by atoms with Crippen molar-refractivity contribution in [3.05, 3.63) is 12.2 Å². The molecule has 198 valence electrons. The summed E-state index contributed by atoms with van der Waals surface area (Å²) in [5, 5.41) is 29.3. The van der Waals surface area contributed by atoms with Gasteiger partial charge in [0, 0.05) is 0 Å². The molecule has 0 aromatic rings. The van der Waals surface area contributed by atoms with Crippen molar-refractivity contribution >= 4 is 17.9 Å². The van der Waals surface area contributed by atoms with Gasteiger partial charge < -0.3 is 24.6 Å². The van der Waals surface area contributed by atoms with E-state index in [-0.39, 0.29) is 6.54 Å². The zero-order valence-electron chi connectivity index (χ0n) is 21.5. The normalized spacial score (nSPS) is 11.8. The van der Waals surface area contributed by atoms with Crippen LogP contribution in [0.2, 0.25) is 0 Å². The van der Waals surface area contributed by atoms with E-state index in [1.165, 1.54) is 83.5 Å². The summed E-state index contributed by atoms with van der Waals surface area (Å²) in [7, 11) is 0. The third-order valence-electron chi connectivity index (χ3n) is 6.30. The first kappa shape index (κ1) is 32.1. The van der Waals surface area contributed by atoms with Gasteiger partial charge in [-0.2, -0.15) is 0 Å². The van der Waals surface area contributed by atoms with E-state index in [0.717, 1.165) is 19.3 Å². The number of rotatable bonds is 25. The Morgan fingerprint density at radius 2 is 1.00 bits per heavy atom. The molecule has 0 saturated heterocycles. The summed E-state index contributed by atoms with van der Waals surface area (Å²) >= 11 is 0. The highest BCUT2D eigenvalue weighted by atomic mass is 16.4. The number of hydrogen-bond acceptors (Lipinski definition) is 4. The molecule has 0 aliphatic rings. The average Bonchev–Trinajstić information content (AvgIpc) is 2.73. The van der Waals surface area contributed by atoms with Gasteiger partial charge in [-0.25, -0.2) is 9.59 Å². The summed E-state index contributed by atoms with van der Waals surface area (Å²) in [6, 6.07) is 0. The molecule has 0 aliphatic carbocycles. The van der Waals surface area contributed by atoms with Crippen molar-refractivity contribution in [3.63, 3.8) is 0 Å². The first-order valence-corrected chi connectivity index (χ1v) is 13.4. The second-order valence-electron chi connectivity index (χ2n) is 9.70. The van der Waals surface area contributed by atoms with Crippen LogP contribution in [0, 0.1) is 0 Å². The zero-order valence-corrected chi connectivity index (χ0v) is 21.5. The number of carbonyl (C=O) groups is 3. The molecular weight excluding hydrogens is 434 g/mol. The molecule has 0 radical (unpaired) electrons. The average molecular weight is 484 g/mol. The Hall–Kier alpha value is -1.89. The van der Waals surface area contributed by atoms with Crippen LogP contribution in [0.25, 0.3) is 0 Å². The van der Waals surface area contributed by atoms with Crippen LogP contribution in [0.15, 0.2) is 12.2 Å². The van der Waals surface area contributed by atoms with Crippen molar-refractivity contribution in [3.8, 4) is 0 Å². The van der Waals surface area contributed by atoms with Gasteiger partial charge in [0.2, 0.25) is 0 Å². The van der Waals surface area contributed by atoms with E-state index in [2.05, 4.69) is 19.1 Å². The molecule has 0 atom stereocenters. The lowest BCUT2D eigenvalue weighted by atomic mass is 10.0. The van der Waals surface area contributed by atoms with Crippen LogP contribution in [-0.2, 0) is 14.4 Å². The van der Waals surface area contributed by atoms with Gasteiger partial charge in [-0.1, -0.05) is 96.1 Å². The lowest BCUT2D eigenvalue weighted by Crippen LogP contribution is -2.59. The molecular formula is C27H49NO6. The van der Waals surface area contributed by atoms with E-state index in [1.807, 2.05) is 0 Å². The summed E-state index contributed by atoms with van der Waals surface area (Å²) in [5.41, 5.74) is 0. The molecule has 0 aromatic carbocycles. The monoisotopic (exact) mass is 483 g/mol. The Bertz CT molecular complexity index is 535. The van der Waals surface area contributed by atoms with Crippen molar-refractivity contribution < 1.29 is 34.2 Å². The van der Waals surface area contributed by atoms with Gasteiger partial charge in [0.25, 0.3) is 0 Å². The minimum Gasteiger partial charge on any atom is -0.544 e. The molecule has 0 saturated carbocycles. The van der Waals surface area contributed by atoms with Gasteiger partial charge in [0.05, 0.1) is 12.5 Å². The Morgan fingerprint density at radius 3 is 1.38 bits per heavy atom. The maximum atomic E-state index is 11.2. The summed E-state index contributed by atoms with van der Waals surface area (Å²) in [4.78, 5) is 33.4. The van der Waals surface area contributed by atoms with Crippen LogP contribution in [0.3, 0.4) is 0 Å². The summed E-state index contributed by atoms with van der Waals surface area (Å²) in [5.74, 6) is -3.81. The molecule has 0 bridgehead atoms. The van der Waals surface area contributed by atoms with Crippen molar-refractivity contribution in [1.82, 2.24) is 0 Å². The number of carboxylic acids is 3. The van der Waals surface area contributed by atoms with Gasteiger partial charge in [-0.3, -0.25) is 0 Å². The fourth-order valence-electron chi connectivity index (χ4n) is 4.46. The van der Waals surface area contributed by atoms with Crippen LogP contribution in [0.5, 0.6) is 0 Å². The lowest BCUT2D eigenvalue weighted by molar-refractivity contribution is -0.909. The predicted octanol–water partition coefficient (Wildman–Crippen LogP) is 4.93. The van der Waals surface area contributed by atoms with Gasteiger partial charge in [-0.05, 0) is 32.1 Å². The minimum atomic E-state index is -1.42. The van der Waals surface area contributed by atoms with Gasteiger partial charge in [0.1, 0.15) is 6.54 Å². The van der Waals surface area contributed by atoms with Crippen LogP contribution < -0.4 is 5.11 Å². The van der Waals surface area contributed by atoms with Crippen molar-refractivity contribution in [2.45, 2.75) is 116 Å². The van der Waals surface area contributed by atoms with Gasteiger partial charge in [-0.15, -0.1) is 0 Å². The number of hydrogen-bond donors (Lipinski definition) is 2. The van der Waals surface area contributed by atoms with Crippen molar-refractivity contribution in [2.75, 3.05) is 26.2 Å². The second kappa shape index (κ2) is 21.6. The van der Waals surface area contributed by atoms with Crippen molar-refractivity contribution in [2.24, 2.45) is 0 Å². The molecule has 0 heterocycles. The maximum absolute atomic E-state index is 11.2. The van der Waals surface area contributed by atoms with Crippen LogP contribution in [0.1, 0.15) is 116 Å². The molecule has 0 aromatic heterocycles. The Labute approximate surface area is 206 Å². The molecule has 2 N–H and O–H groups in total. The fraction of sp³-hybridized carbons (Fsp3) is 0.815. The van der Waals surface area contributed by atoms with Crippen LogP contribution in [0.4, 0.5) is 0 Å². The first-order chi connectivity index (χ1) is 16.3. The summed E-state index contributed by atoms with van der Waals surface area (Å²) in [6.07, 6.45) is 24.8. The first-order valence-electron chi connectivity index (χ1n) is 13.4. The van der Waals surface area contributed by atoms with E-state index in [9.17, 15) is 19.5 Å². The van der Waals surface area contributed by atoms with E-state index in [4.69, 9.17) is 10.2 Å². The highest BCUT2D eigenvalue weighted by molar-refractivity contribution is 5.72. The van der Waals surface area contributed by atoms with E-state index >= 15 is 0 Å². The SMILES string of the molecule is CCCC/C=C/CCCCCCCCCCCCCCC[N+](CC(=O)[O-])(CC(=O)O)CC(=O)O.